The van der Waals surface area contributed by atoms with E-state index in [0.717, 1.165) is 5.56 Å². The molecule has 0 aliphatic carbocycles. The van der Waals surface area contributed by atoms with E-state index in [0.29, 0.717) is 59.8 Å². The Morgan fingerprint density at radius 1 is 1.02 bits per heavy atom. The summed E-state index contributed by atoms with van der Waals surface area (Å²) in [5.41, 5.74) is 2.04. The summed E-state index contributed by atoms with van der Waals surface area (Å²) >= 11 is 5.96. The number of para-hydroxylation sites is 1. The number of sulfonamides is 1. The second-order valence-electron chi connectivity index (χ2n) is 11.9. The third-order valence-electron chi connectivity index (χ3n) is 8.70. The predicted molar refractivity (Wildman–Crippen MR) is 188 cm³/mol. The Morgan fingerprint density at radius 3 is 2.54 bits per heavy atom. The Balaban J connectivity index is 0.930. The van der Waals surface area contributed by atoms with Gasteiger partial charge in [-0.2, -0.15) is 0 Å². The first-order chi connectivity index (χ1) is 24.1. The molecule has 15 heteroatoms. The highest BCUT2D eigenvalue weighted by molar-refractivity contribution is 7.90. The molecule has 7 rings (SSSR count). The van der Waals surface area contributed by atoms with Gasteiger partial charge in [-0.05, 0) is 72.8 Å². The Morgan fingerprint density at radius 2 is 1.78 bits per heavy atom. The van der Waals surface area contributed by atoms with E-state index in [4.69, 9.17) is 20.8 Å². The average Bonchev–Trinajstić information content (AvgIpc) is 3.75. The van der Waals surface area contributed by atoms with Gasteiger partial charge in [0.1, 0.15) is 28.3 Å². The van der Waals surface area contributed by atoms with Crippen molar-refractivity contribution in [3.8, 4) is 11.3 Å². The van der Waals surface area contributed by atoms with Gasteiger partial charge in [-0.3, -0.25) is 9.69 Å². The molecular weight excluding hydrogens is 687 g/mol. The lowest BCUT2D eigenvalue weighted by atomic mass is 10.2. The molecule has 3 aliphatic heterocycles. The number of benzene rings is 3. The molecule has 1 atom stereocenters. The number of anilines is 3. The number of halogens is 2. The zero-order chi connectivity index (χ0) is 35.0. The summed E-state index contributed by atoms with van der Waals surface area (Å²) in [5.74, 6) is 0.631. The average molecular weight is 719 g/mol. The van der Waals surface area contributed by atoms with Crippen molar-refractivity contribution in [3.05, 3.63) is 102 Å². The summed E-state index contributed by atoms with van der Waals surface area (Å²) in [6.07, 6.45) is 1.77. The first kappa shape index (κ1) is 33.2. The number of ether oxygens (including phenoxy) is 1. The summed E-state index contributed by atoms with van der Waals surface area (Å²) in [5, 5.41) is 0.633. The zero-order valence-electron chi connectivity index (χ0n) is 26.8. The van der Waals surface area contributed by atoms with E-state index in [2.05, 4.69) is 9.71 Å². The number of nitrogens with one attached hydrogen (secondary N) is 1. The van der Waals surface area contributed by atoms with Crippen LogP contribution in [0, 0.1) is 5.82 Å². The maximum atomic E-state index is 15.4. The van der Waals surface area contributed by atoms with Crippen molar-refractivity contribution in [1.82, 2.24) is 9.62 Å². The molecule has 50 heavy (non-hydrogen) atoms. The van der Waals surface area contributed by atoms with Crippen LogP contribution in [0.5, 0.6) is 0 Å². The molecule has 0 saturated carbocycles. The van der Waals surface area contributed by atoms with E-state index in [-0.39, 0.29) is 29.9 Å². The smallest absolute Gasteiger partial charge is 0.414 e. The molecule has 0 spiro atoms. The maximum absolute atomic E-state index is 15.4. The summed E-state index contributed by atoms with van der Waals surface area (Å²) < 4.78 is 54.6. The molecule has 2 amide bonds. The number of hydrogen-bond donors (Lipinski definition) is 1. The molecule has 0 bridgehead atoms. The minimum Gasteiger partial charge on any atom is -0.457 e. The van der Waals surface area contributed by atoms with Gasteiger partial charge in [-0.1, -0.05) is 23.7 Å². The first-order valence-electron chi connectivity index (χ1n) is 15.8. The molecule has 0 unspecified atom stereocenters. The van der Waals surface area contributed by atoms with Gasteiger partial charge in [-0.15, -0.1) is 0 Å². The van der Waals surface area contributed by atoms with E-state index >= 15 is 4.39 Å². The summed E-state index contributed by atoms with van der Waals surface area (Å²) in [4.78, 5) is 36.6. The van der Waals surface area contributed by atoms with Crippen LogP contribution in [-0.2, 0) is 19.6 Å². The lowest BCUT2D eigenvalue weighted by Gasteiger charge is -2.36. The monoisotopic (exact) mass is 718 g/mol. The third kappa shape index (κ3) is 6.76. The number of aliphatic imine (C=N–C) groups is 1. The van der Waals surface area contributed by atoms with Gasteiger partial charge in [0.15, 0.2) is 0 Å². The number of cyclic esters (lactones) is 1. The standard InChI is InChI=1S/C35H32ClFN6O6S/c1-40-30-4-2-3-5-32(30)50(46,47)39-34(40)38-21-27-22-43(35(45)49-27)25-10-13-29(28(37)20-25)41-16-18-42(19-17-41)33(44)15-12-26-11-14-31(48-26)23-6-8-24(36)9-7-23/h2-15,20,27H,16-19,21-22H2,1H3,(H,38,39)/b15-12+/t27-/m0/s1. The fourth-order valence-electron chi connectivity index (χ4n) is 6.03. The molecule has 4 heterocycles. The molecule has 1 aromatic heterocycles. The van der Waals surface area contributed by atoms with Crippen LogP contribution in [-0.4, -0.2) is 83.7 Å². The molecule has 2 fully saturated rings. The molecular formula is C35H32ClFN6O6S. The number of carbonyl (C=O) groups is 2. The van der Waals surface area contributed by atoms with E-state index in [9.17, 15) is 18.0 Å². The van der Waals surface area contributed by atoms with E-state index in [1.54, 1.807) is 71.5 Å². The van der Waals surface area contributed by atoms with Crippen molar-refractivity contribution in [1.29, 1.82) is 0 Å². The Bertz CT molecular complexity index is 2110. The van der Waals surface area contributed by atoms with Gasteiger partial charge in [0, 0.05) is 49.9 Å². The second-order valence-corrected chi connectivity index (χ2v) is 14.0. The highest BCUT2D eigenvalue weighted by Gasteiger charge is 2.35. The van der Waals surface area contributed by atoms with Crippen LogP contribution in [0.1, 0.15) is 5.76 Å². The van der Waals surface area contributed by atoms with Gasteiger partial charge in [-0.25, -0.2) is 27.3 Å². The molecule has 4 aromatic rings. The third-order valence-corrected chi connectivity index (χ3v) is 10.3. The Hall–Kier alpha value is -5.34. The first-order valence-corrected chi connectivity index (χ1v) is 17.7. The maximum Gasteiger partial charge on any atom is 0.414 e. The number of amides is 2. The van der Waals surface area contributed by atoms with Crippen LogP contribution >= 0.6 is 11.6 Å². The largest absolute Gasteiger partial charge is 0.457 e. The van der Waals surface area contributed by atoms with Crippen molar-refractivity contribution >= 4 is 62.7 Å². The van der Waals surface area contributed by atoms with E-state index in [1.807, 2.05) is 23.1 Å². The molecule has 3 aromatic carbocycles. The molecule has 12 nitrogen and oxygen atoms in total. The van der Waals surface area contributed by atoms with E-state index in [1.165, 1.54) is 23.1 Å². The normalized spacial score (nSPS) is 19.5. The van der Waals surface area contributed by atoms with Crippen LogP contribution in [0.3, 0.4) is 0 Å². The second kappa shape index (κ2) is 13.5. The van der Waals surface area contributed by atoms with Gasteiger partial charge in [0.2, 0.25) is 11.9 Å². The van der Waals surface area contributed by atoms with Crippen LogP contribution in [0.4, 0.5) is 26.2 Å². The highest BCUT2D eigenvalue weighted by atomic mass is 35.5. The molecule has 258 valence electrons. The van der Waals surface area contributed by atoms with Gasteiger partial charge < -0.3 is 23.9 Å². The Kier molecular flexibility index (Phi) is 8.97. The summed E-state index contributed by atoms with van der Waals surface area (Å²) in [6.45, 7) is 1.76. The number of furan rings is 1. The number of hydrogen-bond acceptors (Lipinski definition) is 8. The molecule has 1 N–H and O–H groups in total. The molecule has 0 radical (unpaired) electrons. The van der Waals surface area contributed by atoms with Crippen molar-refractivity contribution in [3.63, 3.8) is 0 Å². The number of guanidine groups is 1. The lowest BCUT2D eigenvalue weighted by Crippen LogP contribution is -2.48. The number of carbonyl (C=O) groups excluding carboxylic acids is 2. The molecule has 2 saturated heterocycles. The van der Waals surface area contributed by atoms with Crippen molar-refractivity contribution in [2.45, 2.75) is 11.0 Å². The summed E-state index contributed by atoms with van der Waals surface area (Å²) in [7, 11) is -2.11. The van der Waals surface area contributed by atoms with Gasteiger partial charge >= 0.3 is 6.09 Å². The summed E-state index contributed by atoms with van der Waals surface area (Å²) in [6, 6.07) is 22.0. The predicted octanol–water partition coefficient (Wildman–Crippen LogP) is 5.21. The Labute approximate surface area is 293 Å². The van der Waals surface area contributed by atoms with Gasteiger partial charge in [0.05, 0.1) is 30.2 Å². The topological polar surface area (TPSA) is 128 Å². The van der Waals surface area contributed by atoms with Crippen LogP contribution in [0.15, 0.2) is 99.2 Å². The fraction of sp³-hybridized carbons (Fsp3) is 0.229. The van der Waals surface area contributed by atoms with Gasteiger partial charge in [0.25, 0.3) is 10.0 Å². The quantitative estimate of drug-likeness (QED) is 0.258. The minimum absolute atomic E-state index is 0.00267. The van der Waals surface area contributed by atoms with Crippen LogP contribution in [0.2, 0.25) is 5.02 Å². The van der Waals surface area contributed by atoms with Crippen LogP contribution < -0.4 is 19.4 Å². The number of piperazine rings is 1. The number of fused-ring (bicyclic) bond motifs is 1. The lowest BCUT2D eigenvalue weighted by molar-refractivity contribution is -0.126. The zero-order valence-corrected chi connectivity index (χ0v) is 28.4. The van der Waals surface area contributed by atoms with Crippen molar-refractivity contribution in [2.75, 3.05) is 61.0 Å². The molecule has 3 aliphatic rings. The fourth-order valence-corrected chi connectivity index (χ4v) is 7.45. The highest BCUT2D eigenvalue weighted by Crippen LogP contribution is 2.30. The van der Waals surface area contributed by atoms with E-state index < -0.39 is 28.0 Å². The number of rotatable bonds is 7. The van der Waals surface area contributed by atoms with Crippen LogP contribution in [0.25, 0.3) is 17.4 Å². The SMILES string of the molecule is CN1C(=NC[C@H]2CN(c3ccc(N4CCN(C(=O)/C=C/c5ccc(-c6ccc(Cl)cc6)o5)CC4)c(F)c3)C(=O)O2)NS(=O)(=O)c2ccccc21. The number of nitrogens with zero attached hydrogens (tertiary/aromatic N) is 5. The minimum atomic E-state index is -3.80. The van der Waals surface area contributed by atoms with Crippen molar-refractivity contribution in [2.24, 2.45) is 4.99 Å². The van der Waals surface area contributed by atoms with Crippen molar-refractivity contribution < 1.29 is 31.6 Å².